The third-order valence-corrected chi connectivity index (χ3v) is 4.10. The van der Waals surface area contributed by atoms with Gasteiger partial charge in [-0.05, 0) is 32.7 Å². The summed E-state index contributed by atoms with van der Waals surface area (Å²) >= 11 is 0. The molecule has 0 amide bonds. The van der Waals surface area contributed by atoms with Gasteiger partial charge in [-0.15, -0.1) is 0 Å². The highest BCUT2D eigenvalue weighted by Crippen LogP contribution is 2.20. The van der Waals surface area contributed by atoms with Crippen molar-refractivity contribution in [3.63, 3.8) is 0 Å². The normalized spacial score (nSPS) is 26.4. The van der Waals surface area contributed by atoms with Crippen molar-refractivity contribution < 1.29 is 0 Å². The van der Waals surface area contributed by atoms with Gasteiger partial charge >= 0.3 is 0 Å². The van der Waals surface area contributed by atoms with Crippen molar-refractivity contribution >= 4 is 0 Å². The molecule has 2 N–H and O–H groups in total. The number of likely N-dealkylation sites (tertiary alicyclic amines) is 1. The Labute approximate surface area is 104 Å². The number of hydrogen-bond donors (Lipinski definition) is 1. The number of hydrogen-bond acceptors (Lipinski definition) is 3. The molecule has 1 saturated heterocycles. The lowest BCUT2D eigenvalue weighted by atomic mass is 9.94. The van der Waals surface area contributed by atoms with Gasteiger partial charge in [0, 0.05) is 37.4 Å². The fraction of sp³-hybridized carbons (Fsp3) is 0.769. The smallest absolute Gasteiger partial charge is 0.0641 e. The monoisotopic (exact) mass is 236 g/mol. The number of piperidine rings is 1. The standard InChI is InChI=1S/C13H24N4/c1-9-7-17(6-5-13(9)14)8-12-10(2)15-16(4)11(12)3/h9,13H,5-8,14H2,1-4H3. The molecular weight excluding hydrogens is 212 g/mol. The molecule has 1 aromatic heterocycles. The van der Waals surface area contributed by atoms with Crippen molar-refractivity contribution in [1.82, 2.24) is 14.7 Å². The minimum atomic E-state index is 0.377. The Bertz CT molecular complexity index is 396. The number of aryl methyl sites for hydroxylation is 2. The van der Waals surface area contributed by atoms with Crippen molar-refractivity contribution in [3.8, 4) is 0 Å². The topological polar surface area (TPSA) is 47.1 Å². The third kappa shape index (κ3) is 2.53. The minimum absolute atomic E-state index is 0.377. The molecule has 2 heterocycles. The quantitative estimate of drug-likeness (QED) is 0.839. The summed E-state index contributed by atoms with van der Waals surface area (Å²) in [5.41, 5.74) is 9.88. The van der Waals surface area contributed by atoms with E-state index < -0.39 is 0 Å². The number of aromatic nitrogens is 2. The average molecular weight is 236 g/mol. The molecule has 1 aliphatic rings. The first-order valence-corrected chi connectivity index (χ1v) is 6.46. The lowest BCUT2D eigenvalue weighted by molar-refractivity contribution is 0.157. The molecule has 0 aromatic carbocycles. The Hall–Kier alpha value is -0.870. The fourth-order valence-corrected chi connectivity index (χ4v) is 2.66. The van der Waals surface area contributed by atoms with E-state index in [1.807, 2.05) is 11.7 Å². The van der Waals surface area contributed by atoms with Gasteiger partial charge < -0.3 is 5.73 Å². The number of nitrogens with two attached hydrogens (primary N) is 1. The van der Waals surface area contributed by atoms with Crippen molar-refractivity contribution in [3.05, 3.63) is 17.0 Å². The van der Waals surface area contributed by atoms with Crippen LogP contribution >= 0.6 is 0 Å². The third-order valence-electron chi connectivity index (χ3n) is 4.10. The highest BCUT2D eigenvalue weighted by atomic mass is 15.3. The van der Waals surface area contributed by atoms with E-state index in [4.69, 9.17) is 5.73 Å². The van der Waals surface area contributed by atoms with E-state index in [-0.39, 0.29) is 0 Å². The Morgan fingerprint density at radius 1 is 1.41 bits per heavy atom. The van der Waals surface area contributed by atoms with Crippen LogP contribution in [0.15, 0.2) is 0 Å². The molecule has 2 rings (SSSR count). The first-order valence-electron chi connectivity index (χ1n) is 6.46. The molecule has 96 valence electrons. The van der Waals surface area contributed by atoms with Gasteiger partial charge in [-0.1, -0.05) is 6.92 Å². The zero-order valence-corrected chi connectivity index (χ0v) is 11.4. The highest BCUT2D eigenvalue weighted by Gasteiger charge is 2.24. The van der Waals surface area contributed by atoms with Crippen LogP contribution in [0.25, 0.3) is 0 Å². The summed E-state index contributed by atoms with van der Waals surface area (Å²) in [6.07, 6.45) is 1.11. The number of nitrogens with zero attached hydrogens (tertiary/aromatic N) is 3. The van der Waals surface area contributed by atoms with Crippen LogP contribution in [0.4, 0.5) is 0 Å². The Morgan fingerprint density at radius 2 is 2.12 bits per heavy atom. The summed E-state index contributed by atoms with van der Waals surface area (Å²) in [7, 11) is 2.01. The van der Waals surface area contributed by atoms with Gasteiger partial charge in [0.25, 0.3) is 0 Å². The molecule has 1 aliphatic heterocycles. The van der Waals surface area contributed by atoms with Gasteiger partial charge in [-0.3, -0.25) is 9.58 Å². The lowest BCUT2D eigenvalue weighted by Crippen LogP contribution is -2.45. The van der Waals surface area contributed by atoms with Crippen LogP contribution < -0.4 is 5.73 Å². The first-order chi connectivity index (χ1) is 7.99. The number of rotatable bonds is 2. The maximum Gasteiger partial charge on any atom is 0.0641 e. The summed E-state index contributed by atoms with van der Waals surface area (Å²) in [5.74, 6) is 0.598. The summed E-state index contributed by atoms with van der Waals surface area (Å²) < 4.78 is 1.98. The van der Waals surface area contributed by atoms with Crippen LogP contribution in [0.1, 0.15) is 30.3 Å². The molecule has 4 nitrogen and oxygen atoms in total. The van der Waals surface area contributed by atoms with Crippen LogP contribution in [-0.4, -0.2) is 33.8 Å². The Balaban J connectivity index is 2.06. The molecule has 0 aliphatic carbocycles. The maximum absolute atomic E-state index is 6.05. The summed E-state index contributed by atoms with van der Waals surface area (Å²) in [6.45, 7) is 9.73. The van der Waals surface area contributed by atoms with Crippen molar-refractivity contribution in [2.75, 3.05) is 13.1 Å². The Kier molecular flexibility index (Phi) is 3.54. The zero-order valence-electron chi connectivity index (χ0n) is 11.4. The molecule has 0 bridgehead atoms. The summed E-state index contributed by atoms with van der Waals surface area (Å²) in [5, 5.41) is 4.48. The van der Waals surface area contributed by atoms with Crippen molar-refractivity contribution in [1.29, 1.82) is 0 Å². The molecule has 17 heavy (non-hydrogen) atoms. The zero-order chi connectivity index (χ0) is 12.6. The predicted molar refractivity (Wildman–Crippen MR) is 69.7 cm³/mol. The maximum atomic E-state index is 6.05. The lowest BCUT2D eigenvalue weighted by Gasteiger charge is -2.35. The average Bonchev–Trinajstić information content (AvgIpc) is 2.50. The first kappa shape index (κ1) is 12.6. The van der Waals surface area contributed by atoms with Crippen molar-refractivity contribution in [2.24, 2.45) is 18.7 Å². The van der Waals surface area contributed by atoms with E-state index >= 15 is 0 Å². The van der Waals surface area contributed by atoms with Gasteiger partial charge in [0.05, 0.1) is 5.69 Å². The molecular formula is C13H24N4. The second kappa shape index (κ2) is 4.78. The highest BCUT2D eigenvalue weighted by molar-refractivity contribution is 5.24. The molecule has 0 saturated carbocycles. The van der Waals surface area contributed by atoms with E-state index in [9.17, 15) is 0 Å². The SMILES string of the molecule is Cc1nn(C)c(C)c1CN1CCC(N)C(C)C1. The van der Waals surface area contributed by atoms with Gasteiger partial charge in [-0.25, -0.2) is 0 Å². The van der Waals surface area contributed by atoms with Gasteiger partial charge in [0.15, 0.2) is 0 Å². The molecule has 1 aromatic rings. The Morgan fingerprint density at radius 3 is 2.65 bits per heavy atom. The van der Waals surface area contributed by atoms with E-state index in [1.54, 1.807) is 0 Å². The fourth-order valence-electron chi connectivity index (χ4n) is 2.66. The minimum Gasteiger partial charge on any atom is -0.327 e. The van der Waals surface area contributed by atoms with Gasteiger partial charge in [0.2, 0.25) is 0 Å². The molecule has 1 fully saturated rings. The second-order valence-corrected chi connectivity index (χ2v) is 5.44. The van der Waals surface area contributed by atoms with Crippen LogP contribution in [0.2, 0.25) is 0 Å². The van der Waals surface area contributed by atoms with Crippen LogP contribution in [0, 0.1) is 19.8 Å². The summed E-state index contributed by atoms with van der Waals surface area (Å²) in [6, 6.07) is 0.377. The molecule has 0 radical (unpaired) electrons. The molecule has 2 atom stereocenters. The van der Waals surface area contributed by atoms with Gasteiger partial charge in [-0.2, -0.15) is 5.10 Å². The second-order valence-electron chi connectivity index (χ2n) is 5.44. The van der Waals surface area contributed by atoms with Gasteiger partial charge in [0.1, 0.15) is 0 Å². The van der Waals surface area contributed by atoms with Crippen molar-refractivity contribution in [2.45, 2.75) is 39.8 Å². The predicted octanol–water partition coefficient (Wildman–Crippen LogP) is 1.21. The van der Waals surface area contributed by atoms with E-state index in [2.05, 4.69) is 30.8 Å². The van der Waals surface area contributed by atoms with E-state index in [0.717, 1.165) is 31.7 Å². The van der Waals surface area contributed by atoms with E-state index in [0.29, 0.717) is 12.0 Å². The van der Waals surface area contributed by atoms with Crippen LogP contribution in [0.5, 0.6) is 0 Å². The van der Waals surface area contributed by atoms with Crippen LogP contribution in [0.3, 0.4) is 0 Å². The molecule has 0 spiro atoms. The largest absolute Gasteiger partial charge is 0.327 e. The molecule has 2 unspecified atom stereocenters. The van der Waals surface area contributed by atoms with Crippen LogP contribution in [-0.2, 0) is 13.6 Å². The van der Waals surface area contributed by atoms with E-state index in [1.165, 1.54) is 11.3 Å². The molecule has 4 heteroatoms. The summed E-state index contributed by atoms with van der Waals surface area (Å²) in [4.78, 5) is 2.50.